The molecule has 0 saturated carbocycles. The van der Waals surface area contributed by atoms with Crippen molar-refractivity contribution in [2.75, 3.05) is 6.54 Å². The molecule has 24 heavy (non-hydrogen) atoms. The summed E-state index contributed by atoms with van der Waals surface area (Å²) in [5, 5.41) is 14.9. The van der Waals surface area contributed by atoms with Gasteiger partial charge in [0.05, 0.1) is 13.1 Å². The lowest BCUT2D eigenvalue weighted by atomic mass is 9.79. The third-order valence-electron chi connectivity index (χ3n) is 4.06. The molecule has 130 valence electrons. The maximum atomic E-state index is 10.7. The molecule has 1 heterocycles. The standard InChI is InChI=1S/C20H29N3O/c1-19(2,3)16-12-15(18(24)17(13-16)20(4,5)6)14-21-9-11-23-10-7-8-22-23/h7-8,10,12-14,24H,9,11H2,1-6H3. The van der Waals surface area contributed by atoms with Gasteiger partial charge in [-0.3, -0.25) is 9.67 Å². The predicted octanol–water partition coefficient (Wildman–Crippen LogP) is 4.30. The summed E-state index contributed by atoms with van der Waals surface area (Å²) in [5.41, 5.74) is 2.85. The molecule has 0 unspecified atom stereocenters. The van der Waals surface area contributed by atoms with Crippen LogP contribution in [0.1, 0.15) is 58.2 Å². The highest BCUT2D eigenvalue weighted by Gasteiger charge is 2.24. The highest BCUT2D eigenvalue weighted by Crippen LogP contribution is 2.37. The molecule has 0 radical (unpaired) electrons. The van der Waals surface area contributed by atoms with E-state index < -0.39 is 0 Å². The predicted molar refractivity (Wildman–Crippen MR) is 100 cm³/mol. The average molecular weight is 327 g/mol. The number of hydrogen-bond donors (Lipinski definition) is 1. The van der Waals surface area contributed by atoms with E-state index in [1.54, 1.807) is 12.4 Å². The van der Waals surface area contributed by atoms with Crippen LogP contribution in [0.2, 0.25) is 0 Å². The van der Waals surface area contributed by atoms with Crippen molar-refractivity contribution in [2.24, 2.45) is 4.99 Å². The maximum Gasteiger partial charge on any atom is 0.128 e. The van der Waals surface area contributed by atoms with Crippen molar-refractivity contribution in [1.82, 2.24) is 9.78 Å². The van der Waals surface area contributed by atoms with Crippen molar-refractivity contribution in [3.05, 3.63) is 47.3 Å². The van der Waals surface area contributed by atoms with E-state index in [1.807, 2.05) is 23.0 Å². The smallest absolute Gasteiger partial charge is 0.128 e. The number of rotatable bonds is 4. The van der Waals surface area contributed by atoms with Crippen LogP contribution in [0, 0.1) is 0 Å². The fourth-order valence-corrected chi connectivity index (χ4v) is 2.52. The molecule has 0 aliphatic heterocycles. The Morgan fingerprint density at radius 3 is 2.38 bits per heavy atom. The first kappa shape index (κ1) is 18.2. The first-order valence-corrected chi connectivity index (χ1v) is 8.44. The SMILES string of the molecule is CC(C)(C)c1cc(C=NCCn2cccn2)c(O)c(C(C)(C)C)c1. The number of aromatic hydroxyl groups is 1. The Kier molecular flexibility index (Phi) is 5.16. The van der Waals surface area contributed by atoms with Gasteiger partial charge in [-0.25, -0.2) is 0 Å². The molecule has 4 nitrogen and oxygen atoms in total. The second kappa shape index (κ2) is 6.80. The van der Waals surface area contributed by atoms with Gasteiger partial charge in [0, 0.05) is 29.7 Å². The van der Waals surface area contributed by atoms with Crippen molar-refractivity contribution < 1.29 is 5.11 Å². The number of aromatic nitrogens is 2. The van der Waals surface area contributed by atoms with Gasteiger partial charge in [-0.05, 0) is 28.5 Å². The van der Waals surface area contributed by atoms with Gasteiger partial charge in [0.15, 0.2) is 0 Å². The van der Waals surface area contributed by atoms with Crippen LogP contribution >= 0.6 is 0 Å². The monoisotopic (exact) mass is 327 g/mol. The summed E-state index contributed by atoms with van der Waals surface area (Å²) in [4.78, 5) is 4.48. The molecular weight excluding hydrogens is 298 g/mol. The molecule has 2 aromatic rings. The molecule has 0 amide bonds. The molecule has 0 aliphatic rings. The van der Waals surface area contributed by atoms with Crippen LogP contribution in [0.3, 0.4) is 0 Å². The minimum atomic E-state index is -0.122. The van der Waals surface area contributed by atoms with Gasteiger partial charge in [0.1, 0.15) is 5.75 Å². The molecule has 0 saturated heterocycles. The van der Waals surface area contributed by atoms with E-state index in [2.05, 4.69) is 57.7 Å². The second-order valence-electron chi connectivity index (χ2n) is 8.27. The van der Waals surface area contributed by atoms with Crippen molar-refractivity contribution in [1.29, 1.82) is 0 Å². The number of hydrogen-bond acceptors (Lipinski definition) is 3. The lowest BCUT2D eigenvalue weighted by Gasteiger charge is -2.27. The largest absolute Gasteiger partial charge is 0.507 e. The van der Waals surface area contributed by atoms with E-state index in [0.29, 0.717) is 12.3 Å². The molecule has 0 aliphatic carbocycles. The number of phenols is 1. The van der Waals surface area contributed by atoms with Crippen LogP contribution in [-0.4, -0.2) is 27.6 Å². The summed E-state index contributed by atoms with van der Waals surface area (Å²) in [7, 11) is 0. The van der Waals surface area contributed by atoms with E-state index in [4.69, 9.17) is 0 Å². The summed E-state index contributed by atoms with van der Waals surface area (Å²) in [6, 6.07) is 6.07. The van der Waals surface area contributed by atoms with Crippen molar-refractivity contribution in [3.63, 3.8) is 0 Å². The van der Waals surface area contributed by atoms with Crippen molar-refractivity contribution in [3.8, 4) is 5.75 Å². The highest BCUT2D eigenvalue weighted by molar-refractivity contribution is 5.85. The number of benzene rings is 1. The van der Waals surface area contributed by atoms with Crippen molar-refractivity contribution in [2.45, 2.75) is 58.9 Å². The molecule has 4 heteroatoms. The second-order valence-corrected chi connectivity index (χ2v) is 8.27. The zero-order chi connectivity index (χ0) is 18.0. The van der Waals surface area contributed by atoms with Crippen LogP contribution in [0.25, 0.3) is 0 Å². The lowest BCUT2D eigenvalue weighted by molar-refractivity contribution is 0.444. The summed E-state index contributed by atoms with van der Waals surface area (Å²) in [6.07, 6.45) is 5.46. The quantitative estimate of drug-likeness (QED) is 0.851. The Labute approximate surface area is 145 Å². The van der Waals surface area contributed by atoms with Gasteiger partial charge >= 0.3 is 0 Å². The third kappa shape index (κ3) is 4.47. The van der Waals surface area contributed by atoms with Gasteiger partial charge < -0.3 is 5.11 Å². The van der Waals surface area contributed by atoms with Crippen LogP contribution in [-0.2, 0) is 17.4 Å². The number of phenolic OH excluding ortho intramolecular Hbond substituents is 1. The molecule has 0 spiro atoms. The summed E-state index contributed by atoms with van der Waals surface area (Å²) < 4.78 is 1.85. The van der Waals surface area contributed by atoms with Gasteiger partial charge in [0.2, 0.25) is 0 Å². The minimum absolute atomic E-state index is 0.0192. The minimum Gasteiger partial charge on any atom is -0.507 e. The molecule has 0 fully saturated rings. The fourth-order valence-electron chi connectivity index (χ4n) is 2.52. The topological polar surface area (TPSA) is 50.4 Å². The zero-order valence-electron chi connectivity index (χ0n) is 15.7. The van der Waals surface area contributed by atoms with Crippen LogP contribution in [0.5, 0.6) is 5.75 Å². The molecule has 1 aromatic heterocycles. The van der Waals surface area contributed by atoms with Crippen LogP contribution in [0.15, 0.2) is 35.6 Å². The van der Waals surface area contributed by atoms with Gasteiger partial charge in [-0.15, -0.1) is 0 Å². The van der Waals surface area contributed by atoms with Crippen molar-refractivity contribution >= 4 is 6.21 Å². The Hall–Kier alpha value is -2.10. The van der Waals surface area contributed by atoms with E-state index in [1.165, 1.54) is 5.56 Å². The summed E-state index contributed by atoms with van der Waals surface area (Å²) in [6.45, 7) is 14.3. The molecule has 1 aromatic carbocycles. The zero-order valence-corrected chi connectivity index (χ0v) is 15.7. The Morgan fingerprint density at radius 1 is 1.12 bits per heavy atom. The maximum absolute atomic E-state index is 10.7. The first-order valence-electron chi connectivity index (χ1n) is 8.44. The molecular formula is C20H29N3O. The Morgan fingerprint density at radius 2 is 1.83 bits per heavy atom. The van der Waals surface area contributed by atoms with Gasteiger partial charge in [0.25, 0.3) is 0 Å². The van der Waals surface area contributed by atoms with Gasteiger partial charge in [-0.1, -0.05) is 47.6 Å². The normalized spacial score (nSPS) is 12.9. The van der Waals surface area contributed by atoms with Gasteiger partial charge in [-0.2, -0.15) is 5.10 Å². The highest BCUT2D eigenvalue weighted by atomic mass is 16.3. The number of nitrogens with zero attached hydrogens (tertiary/aromatic N) is 3. The number of aliphatic imine (C=N–C) groups is 1. The van der Waals surface area contributed by atoms with Crippen LogP contribution < -0.4 is 0 Å². The molecule has 0 atom stereocenters. The molecule has 1 N–H and O–H groups in total. The fraction of sp³-hybridized carbons (Fsp3) is 0.500. The summed E-state index contributed by atoms with van der Waals surface area (Å²) in [5.74, 6) is 0.332. The molecule has 2 rings (SSSR count). The van der Waals surface area contributed by atoms with E-state index in [0.717, 1.165) is 17.7 Å². The Balaban J connectivity index is 2.30. The average Bonchev–Trinajstić information content (AvgIpc) is 2.95. The lowest BCUT2D eigenvalue weighted by Crippen LogP contribution is -2.17. The first-order chi connectivity index (χ1) is 11.1. The Bertz CT molecular complexity index is 702. The van der Waals surface area contributed by atoms with E-state index >= 15 is 0 Å². The van der Waals surface area contributed by atoms with E-state index in [-0.39, 0.29) is 10.8 Å². The third-order valence-corrected chi connectivity index (χ3v) is 4.06. The molecule has 0 bridgehead atoms. The summed E-state index contributed by atoms with van der Waals surface area (Å²) >= 11 is 0. The van der Waals surface area contributed by atoms with Crippen LogP contribution in [0.4, 0.5) is 0 Å². The van der Waals surface area contributed by atoms with E-state index in [9.17, 15) is 5.11 Å².